The quantitative estimate of drug-likeness (QED) is 0.470. The Morgan fingerprint density at radius 2 is 0.778 bits per heavy atom. The maximum atomic E-state index is 10.5. The molecule has 10 nitrogen and oxygen atoms in total. The van der Waals surface area contributed by atoms with Crippen molar-refractivity contribution in [2.45, 2.75) is 0 Å². The standard InChI is InChI=1S/C8H6O4.3C3H4O2/c9-7(10)5-3-1-2-4-6(5)8(11)12;3*1-2-3(4)5/h1-4H,(H,9,10)(H,11,12);3*2H,1H2,(H,4,5). The molecule has 1 rings (SSSR count). The molecule has 0 bridgehead atoms. The monoisotopic (exact) mass is 382 g/mol. The van der Waals surface area contributed by atoms with Gasteiger partial charge in [0.1, 0.15) is 0 Å². The molecule has 0 aliphatic carbocycles. The molecule has 0 saturated carbocycles. The summed E-state index contributed by atoms with van der Waals surface area (Å²) in [6.07, 6.45) is 2.50. The fourth-order valence-electron chi connectivity index (χ4n) is 0.856. The number of carbonyl (C=O) groups is 5. The first-order chi connectivity index (χ1) is 12.4. The smallest absolute Gasteiger partial charge is 0.336 e. The Kier molecular flexibility index (Phi) is 17.0. The summed E-state index contributed by atoms with van der Waals surface area (Å²) in [5.74, 6) is -5.40. The van der Waals surface area contributed by atoms with Crippen molar-refractivity contribution in [3.63, 3.8) is 0 Å². The molecule has 0 unspecified atom stereocenters. The molecule has 27 heavy (non-hydrogen) atoms. The van der Waals surface area contributed by atoms with Gasteiger partial charge in [0.2, 0.25) is 0 Å². The second-order valence-electron chi connectivity index (χ2n) is 3.78. The van der Waals surface area contributed by atoms with Gasteiger partial charge in [-0.25, -0.2) is 24.0 Å². The molecular weight excluding hydrogens is 364 g/mol. The maximum absolute atomic E-state index is 10.5. The van der Waals surface area contributed by atoms with Crippen molar-refractivity contribution in [2.75, 3.05) is 0 Å². The van der Waals surface area contributed by atoms with Gasteiger partial charge in [0.15, 0.2) is 0 Å². The first-order valence-electron chi connectivity index (χ1n) is 6.56. The van der Waals surface area contributed by atoms with E-state index in [1.54, 1.807) is 0 Å². The number of aromatic carboxylic acids is 2. The molecule has 146 valence electrons. The predicted octanol–water partition coefficient (Wildman–Crippen LogP) is 1.85. The Labute approximate surface area is 153 Å². The lowest BCUT2D eigenvalue weighted by atomic mass is 10.1. The number of hydrogen-bond acceptors (Lipinski definition) is 5. The van der Waals surface area contributed by atoms with Crippen molar-refractivity contribution < 1.29 is 49.5 Å². The number of hydrogen-bond donors (Lipinski definition) is 5. The van der Waals surface area contributed by atoms with E-state index < -0.39 is 29.8 Å². The summed E-state index contributed by atoms with van der Waals surface area (Å²) in [6.45, 7) is 8.88. The summed E-state index contributed by atoms with van der Waals surface area (Å²) in [7, 11) is 0. The number of rotatable bonds is 5. The van der Waals surface area contributed by atoms with E-state index in [1.807, 2.05) is 0 Å². The summed E-state index contributed by atoms with van der Waals surface area (Å²) in [6, 6.07) is 5.48. The Morgan fingerprint density at radius 3 is 0.889 bits per heavy atom. The minimum Gasteiger partial charge on any atom is -0.478 e. The van der Waals surface area contributed by atoms with E-state index in [1.165, 1.54) is 24.3 Å². The van der Waals surface area contributed by atoms with Crippen LogP contribution >= 0.6 is 0 Å². The van der Waals surface area contributed by atoms with Crippen LogP contribution in [0.4, 0.5) is 0 Å². The summed E-state index contributed by atoms with van der Waals surface area (Å²) >= 11 is 0. The van der Waals surface area contributed by atoms with Gasteiger partial charge in [-0.2, -0.15) is 0 Å². The van der Waals surface area contributed by atoms with Crippen molar-refractivity contribution in [1.82, 2.24) is 0 Å². The Hall–Kier alpha value is -4.21. The summed E-state index contributed by atoms with van der Waals surface area (Å²) in [5, 5.41) is 39.9. The first-order valence-corrected chi connectivity index (χ1v) is 6.56. The Morgan fingerprint density at radius 1 is 0.593 bits per heavy atom. The van der Waals surface area contributed by atoms with Gasteiger partial charge in [-0.3, -0.25) is 0 Å². The van der Waals surface area contributed by atoms with Gasteiger partial charge in [-0.15, -0.1) is 0 Å². The zero-order valence-corrected chi connectivity index (χ0v) is 13.9. The van der Waals surface area contributed by atoms with Crippen LogP contribution in [0.25, 0.3) is 0 Å². The van der Waals surface area contributed by atoms with E-state index >= 15 is 0 Å². The molecule has 0 heterocycles. The number of aliphatic carboxylic acids is 3. The molecule has 0 aromatic heterocycles. The highest BCUT2D eigenvalue weighted by atomic mass is 16.4. The topological polar surface area (TPSA) is 186 Å². The van der Waals surface area contributed by atoms with Gasteiger partial charge >= 0.3 is 29.8 Å². The molecule has 5 N–H and O–H groups in total. The normalized spacial score (nSPS) is 7.70. The van der Waals surface area contributed by atoms with Crippen LogP contribution in [0.15, 0.2) is 62.2 Å². The lowest BCUT2D eigenvalue weighted by Gasteiger charge is -1.98. The predicted molar refractivity (Wildman–Crippen MR) is 93.9 cm³/mol. The van der Waals surface area contributed by atoms with Crippen LogP contribution in [-0.4, -0.2) is 55.4 Å². The molecule has 0 aliphatic heterocycles. The average Bonchev–Trinajstić information content (AvgIpc) is 2.62. The number of benzene rings is 1. The third-order valence-corrected chi connectivity index (χ3v) is 1.91. The molecule has 0 aliphatic rings. The molecule has 0 fully saturated rings. The van der Waals surface area contributed by atoms with E-state index in [-0.39, 0.29) is 11.1 Å². The Balaban J connectivity index is -0.000000323. The molecule has 0 radical (unpaired) electrons. The average molecular weight is 382 g/mol. The van der Waals surface area contributed by atoms with Gasteiger partial charge in [-0.1, -0.05) is 31.9 Å². The Bertz CT molecular complexity index is 628. The van der Waals surface area contributed by atoms with Crippen LogP contribution in [0.5, 0.6) is 0 Å². The third-order valence-electron chi connectivity index (χ3n) is 1.91. The molecule has 10 heteroatoms. The summed E-state index contributed by atoms with van der Waals surface area (Å²) in [5.41, 5.74) is -0.380. The van der Waals surface area contributed by atoms with E-state index in [2.05, 4.69) is 19.7 Å². The summed E-state index contributed by atoms with van der Waals surface area (Å²) in [4.78, 5) is 48.7. The van der Waals surface area contributed by atoms with Gasteiger partial charge < -0.3 is 25.5 Å². The maximum Gasteiger partial charge on any atom is 0.336 e. The van der Waals surface area contributed by atoms with Crippen LogP contribution in [0.2, 0.25) is 0 Å². The zero-order chi connectivity index (χ0) is 22.0. The minimum absolute atomic E-state index is 0.190. The molecule has 0 atom stereocenters. The number of carboxylic acids is 5. The second kappa shape index (κ2) is 16.6. The highest BCUT2D eigenvalue weighted by Crippen LogP contribution is 2.07. The van der Waals surface area contributed by atoms with Crippen molar-refractivity contribution >= 4 is 29.8 Å². The zero-order valence-electron chi connectivity index (χ0n) is 13.9. The van der Waals surface area contributed by atoms with E-state index in [0.717, 1.165) is 18.2 Å². The van der Waals surface area contributed by atoms with Crippen molar-refractivity contribution in [3.8, 4) is 0 Å². The van der Waals surface area contributed by atoms with Crippen LogP contribution in [0, 0.1) is 0 Å². The van der Waals surface area contributed by atoms with Crippen LogP contribution in [-0.2, 0) is 14.4 Å². The van der Waals surface area contributed by atoms with Crippen LogP contribution in [0.1, 0.15) is 20.7 Å². The molecule has 1 aromatic rings. The van der Waals surface area contributed by atoms with Crippen molar-refractivity contribution in [3.05, 3.63) is 73.4 Å². The fourth-order valence-corrected chi connectivity index (χ4v) is 0.856. The van der Waals surface area contributed by atoms with Gasteiger partial charge in [0.25, 0.3) is 0 Å². The largest absolute Gasteiger partial charge is 0.478 e. The van der Waals surface area contributed by atoms with Gasteiger partial charge in [0.05, 0.1) is 11.1 Å². The van der Waals surface area contributed by atoms with Crippen molar-refractivity contribution in [2.24, 2.45) is 0 Å². The van der Waals surface area contributed by atoms with Gasteiger partial charge in [0, 0.05) is 18.2 Å². The molecule has 0 spiro atoms. The SMILES string of the molecule is C=CC(=O)O.C=CC(=O)O.C=CC(=O)O.O=C(O)c1ccccc1C(=O)O. The van der Waals surface area contributed by atoms with Gasteiger partial charge in [-0.05, 0) is 12.1 Å². The number of carboxylic acid groups (broad SMARTS) is 5. The molecular formula is C17H18O10. The summed E-state index contributed by atoms with van der Waals surface area (Å²) < 4.78 is 0. The molecule has 1 aromatic carbocycles. The van der Waals surface area contributed by atoms with Crippen molar-refractivity contribution in [1.29, 1.82) is 0 Å². The minimum atomic E-state index is -1.23. The third kappa shape index (κ3) is 19.7. The highest BCUT2D eigenvalue weighted by molar-refractivity contribution is 6.01. The molecule has 0 amide bonds. The van der Waals surface area contributed by atoms with Crippen LogP contribution in [0.3, 0.4) is 0 Å². The van der Waals surface area contributed by atoms with E-state index in [9.17, 15) is 24.0 Å². The highest BCUT2D eigenvalue weighted by Gasteiger charge is 2.13. The fraction of sp³-hybridized carbons (Fsp3) is 0. The van der Waals surface area contributed by atoms with E-state index in [0.29, 0.717) is 0 Å². The lowest BCUT2D eigenvalue weighted by Crippen LogP contribution is -2.06. The van der Waals surface area contributed by atoms with E-state index in [4.69, 9.17) is 25.5 Å². The first kappa shape index (κ1) is 27.6. The lowest BCUT2D eigenvalue weighted by molar-refractivity contribution is -0.132. The second-order valence-corrected chi connectivity index (χ2v) is 3.78. The molecule has 0 saturated heterocycles. The van der Waals surface area contributed by atoms with Crippen LogP contribution < -0.4 is 0 Å².